The Bertz CT molecular complexity index is 659. The van der Waals surface area contributed by atoms with Crippen LogP contribution in [-0.2, 0) is 14.3 Å². The molecule has 0 aliphatic carbocycles. The molecule has 178 valence electrons. The smallest absolute Gasteiger partial charge is 0.412 e. The van der Waals surface area contributed by atoms with Gasteiger partial charge in [0.25, 0.3) is 0 Å². The molecule has 9 heteroatoms. The molecule has 0 spiro atoms. The second-order valence-electron chi connectivity index (χ2n) is 9.67. The average Bonchev–Trinajstić information content (AvgIpc) is 3.13. The van der Waals surface area contributed by atoms with Crippen molar-refractivity contribution in [3.05, 3.63) is 0 Å². The van der Waals surface area contributed by atoms with Crippen LogP contribution in [0.4, 0.5) is 4.79 Å². The van der Waals surface area contributed by atoms with E-state index < -0.39 is 17.4 Å². The number of guanidine groups is 1. The van der Waals surface area contributed by atoms with Crippen LogP contribution in [0.15, 0.2) is 4.99 Å². The van der Waals surface area contributed by atoms with Gasteiger partial charge in [-0.25, -0.2) is 4.79 Å². The maximum Gasteiger partial charge on any atom is 0.412 e. The summed E-state index contributed by atoms with van der Waals surface area (Å²) in [5, 5.41) is 6.57. The Morgan fingerprint density at radius 3 is 2.61 bits per heavy atom. The van der Waals surface area contributed by atoms with Gasteiger partial charge in [0.1, 0.15) is 11.3 Å². The summed E-state index contributed by atoms with van der Waals surface area (Å²) in [6, 6.07) is -0.234. The van der Waals surface area contributed by atoms with Gasteiger partial charge in [0.2, 0.25) is 5.91 Å². The summed E-state index contributed by atoms with van der Waals surface area (Å²) < 4.78 is 11.7. The normalized spacial score (nSPS) is 24.0. The minimum atomic E-state index is -0.768. The molecule has 0 bridgehead atoms. The zero-order valence-electron chi connectivity index (χ0n) is 20.3. The van der Waals surface area contributed by atoms with Crippen molar-refractivity contribution in [1.29, 1.82) is 0 Å². The van der Waals surface area contributed by atoms with Gasteiger partial charge < -0.3 is 25.0 Å². The zero-order valence-corrected chi connectivity index (χ0v) is 20.3. The van der Waals surface area contributed by atoms with E-state index in [9.17, 15) is 9.59 Å². The molecule has 0 aromatic heterocycles. The van der Waals surface area contributed by atoms with Crippen molar-refractivity contribution in [2.75, 3.05) is 32.7 Å². The second-order valence-corrected chi connectivity index (χ2v) is 9.67. The summed E-state index contributed by atoms with van der Waals surface area (Å²) in [6.45, 7) is 16.8. The summed E-state index contributed by atoms with van der Waals surface area (Å²) in [7, 11) is 0. The first kappa shape index (κ1) is 25.2. The lowest BCUT2D eigenvalue weighted by molar-refractivity contribution is -0.127. The van der Waals surface area contributed by atoms with Gasteiger partial charge in [-0.2, -0.15) is 0 Å². The fourth-order valence-corrected chi connectivity index (χ4v) is 4.04. The number of hydrogen-bond acceptors (Lipinski definition) is 5. The van der Waals surface area contributed by atoms with Crippen LogP contribution in [0.5, 0.6) is 0 Å². The Kier molecular flexibility index (Phi) is 8.57. The van der Waals surface area contributed by atoms with E-state index in [4.69, 9.17) is 14.5 Å². The minimum absolute atomic E-state index is 0.171. The van der Waals surface area contributed by atoms with Crippen LogP contribution in [-0.4, -0.2) is 84.0 Å². The molecule has 31 heavy (non-hydrogen) atoms. The molecule has 0 aromatic carbocycles. The van der Waals surface area contributed by atoms with Gasteiger partial charge in [-0.3, -0.25) is 14.7 Å². The number of carbonyl (C=O) groups excluding carboxylic acids is 2. The van der Waals surface area contributed by atoms with Crippen molar-refractivity contribution in [2.24, 2.45) is 4.99 Å². The van der Waals surface area contributed by atoms with E-state index in [0.29, 0.717) is 25.5 Å². The van der Waals surface area contributed by atoms with Gasteiger partial charge >= 0.3 is 6.09 Å². The molecule has 2 heterocycles. The van der Waals surface area contributed by atoms with E-state index in [1.165, 1.54) is 0 Å². The van der Waals surface area contributed by atoms with Crippen LogP contribution in [0.2, 0.25) is 0 Å². The van der Waals surface area contributed by atoms with Crippen LogP contribution in [0.3, 0.4) is 0 Å². The molecular formula is C22H41N5O4. The number of aliphatic imine (C=N–C) groups is 1. The molecule has 9 nitrogen and oxygen atoms in total. The maximum absolute atomic E-state index is 12.9. The average molecular weight is 440 g/mol. The maximum atomic E-state index is 12.9. The molecule has 2 unspecified atom stereocenters. The first-order chi connectivity index (χ1) is 14.4. The number of ether oxygens (including phenoxy) is 2. The molecule has 2 rings (SSSR count). The molecule has 2 N–H and O–H groups in total. The van der Waals surface area contributed by atoms with Gasteiger partial charge in [-0.15, -0.1) is 0 Å². The summed E-state index contributed by atoms with van der Waals surface area (Å²) in [6.07, 6.45) is 1.92. The first-order valence-corrected chi connectivity index (χ1v) is 11.4. The monoisotopic (exact) mass is 439 g/mol. The third-order valence-electron chi connectivity index (χ3n) is 5.37. The fraction of sp³-hybridized carbons (Fsp3) is 0.864. The molecular weight excluding hydrogens is 398 g/mol. The van der Waals surface area contributed by atoms with Gasteiger partial charge in [0.15, 0.2) is 5.96 Å². The summed E-state index contributed by atoms with van der Waals surface area (Å²) in [5.41, 5.74) is -1.35. The predicted molar refractivity (Wildman–Crippen MR) is 121 cm³/mol. The Morgan fingerprint density at radius 2 is 2.03 bits per heavy atom. The van der Waals surface area contributed by atoms with Gasteiger partial charge in [-0.05, 0) is 61.3 Å². The molecule has 2 atom stereocenters. The van der Waals surface area contributed by atoms with Crippen molar-refractivity contribution in [3.8, 4) is 0 Å². The molecule has 2 aliphatic rings. The Morgan fingerprint density at radius 1 is 1.32 bits per heavy atom. The van der Waals surface area contributed by atoms with Crippen LogP contribution in [0.25, 0.3) is 0 Å². The third kappa shape index (κ3) is 7.26. The molecule has 2 aliphatic heterocycles. The standard InChI is InChI=1S/C22H41N5O4/c1-8-23-19(24-12-10-14-26-13-9-11-18(26)28)25-15-17-16(2)30-22(6,7)27(17)20(29)31-21(3,4)5/h16-17H,8-15H2,1-7H3,(H2,23,24,25). The van der Waals surface area contributed by atoms with Crippen LogP contribution in [0.1, 0.15) is 67.7 Å². The molecule has 0 radical (unpaired) electrons. The van der Waals surface area contributed by atoms with Crippen molar-refractivity contribution < 1.29 is 19.1 Å². The number of hydrogen-bond donors (Lipinski definition) is 2. The molecule has 0 saturated carbocycles. The highest BCUT2D eigenvalue weighted by molar-refractivity contribution is 5.80. The van der Waals surface area contributed by atoms with Crippen LogP contribution < -0.4 is 10.6 Å². The SMILES string of the molecule is CCNC(=NCC1C(C)OC(C)(C)N1C(=O)OC(C)(C)C)NCCCN1CCCC1=O. The van der Waals surface area contributed by atoms with Gasteiger partial charge in [0.05, 0.1) is 18.7 Å². The van der Waals surface area contributed by atoms with E-state index in [0.717, 1.165) is 32.5 Å². The highest BCUT2D eigenvalue weighted by atomic mass is 16.6. The Balaban J connectivity index is 1.97. The minimum Gasteiger partial charge on any atom is -0.444 e. The predicted octanol–water partition coefficient (Wildman–Crippen LogP) is 2.31. The number of carbonyl (C=O) groups is 2. The van der Waals surface area contributed by atoms with E-state index in [-0.39, 0.29) is 18.1 Å². The Hall–Kier alpha value is -2.03. The highest BCUT2D eigenvalue weighted by Crippen LogP contribution is 2.33. The van der Waals surface area contributed by atoms with E-state index in [1.807, 2.05) is 53.4 Å². The van der Waals surface area contributed by atoms with E-state index in [2.05, 4.69) is 10.6 Å². The zero-order chi connectivity index (χ0) is 23.2. The van der Waals surface area contributed by atoms with E-state index >= 15 is 0 Å². The topological polar surface area (TPSA) is 95.5 Å². The number of rotatable bonds is 7. The Labute approximate surface area is 186 Å². The molecule has 2 amide bonds. The quantitative estimate of drug-likeness (QED) is 0.359. The number of nitrogens with zero attached hydrogens (tertiary/aromatic N) is 3. The lowest BCUT2D eigenvalue weighted by Gasteiger charge is -2.34. The summed E-state index contributed by atoms with van der Waals surface area (Å²) >= 11 is 0. The second kappa shape index (κ2) is 10.5. The number of nitrogens with one attached hydrogen (secondary N) is 2. The number of amides is 2. The number of likely N-dealkylation sites (tertiary alicyclic amines) is 1. The highest BCUT2D eigenvalue weighted by Gasteiger charge is 2.49. The van der Waals surface area contributed by atoms with Crippen molar-refractivity contribution in [3.63, 3.8) is 0 Å². The van der Waals surface area contributed by atoms with Crippen molar-refractivity contribution in [2.45, 2.75) is 91.2 Å². The molecule has 2 saturated heterocycles. The van der Waals surface area contributed by atoms with Gasteiger partial charge in [-0.1, -0.05) is 0 Å². The molecule has 2 fully saturated rings. The van der Waals surface area contributed by atoms with Gasteiger partial charge in [0, 0.05) is 32.6 Å². The van der Waals surface area contributed by atoms with Crippen molar-refractivity contribution in [1.82, 2.24) is 20.4 Å². The fourth-order valence-electron chi connectivity index (χ4n) is 4.04. The summed E-state index contributed by atoms with van der Waals surface area (Å²) in [4.78, 5) is 32.9. The molecule has 0 aromatic rings. The third-order valence-corrected chi connectivity index (χ3v) is 5.37. The van der Waals surface area contributed by atoms with Crippen LogP contribution >= 0.6 is 0 Å². The van der Waals surface area contributed by atoms with E-state index in [1.54, 1.807) is 4.90 Å². The van der Waals surface area contributed by atoms with Crippen LogP contribution in [0, 0.1) is 0 Å². The van der Waals surface area contributed by atoms with Crippen molar-refractivity contribution >= 4 is 18.0 Å². The largest absolute Gasteiger partial charge is 0.444 e. The lowest BCUT2D eigenvalue weighted by Crippen LogP contribution is -2.51. The summed E-state index contributed by atoms with van der Waals surface area (Å²) in [5.74, 6) is 0.942. The lowest BCUT2D eigenvalue weighted by atomic mass is 10.1. The first-order valence-electron chi connectivity index (χ1n) is 11.4.